The van der Waals surface area contributed by atoms with Gasteiger partial charge in [0.2, 0.25) is 11.8 Å². The van der Waals surface area contributed by atoms with Crippen molar-refractivity contribution in [2.24, 2.45) is 0 Å². The maximum Gasteiger partial charge on any atom is 0.416 e. The number of pyridine rings is 1. The van der Waals surface area contributed by atoms with E-state index in [2.05, 4.69) is 27.1 Å². The summed E-state index contributed by atoms with van der Waals surface area (Å²) in [5.41, 5.74) is 1.96. The number of fused-ring (bicyclic) bond motifs is 1. The summed E-state index contributed by atoms with van der Waals surface area (Å²) in [6.45, 7) is 4.82. The lowest BCUT2D eigenvalue weighted by Crippen LogP contribution is -2.26. The average Bonchev–Trinajstić information content (AvgIpc) is 3.44. The Morgan fingerprint density at radius 3 is 2.78 bits per heavy atom. The van der Waals surface area contributed by atoms with Crippen LogP contribution in [0.25, 0.3) is 21.3 Å². The Morgan fingerprint density at radius 2 is 2.05 bits per heavy atom. The number of carbonyl (C=O) groups excluding carboxylic acids is 1. The molecule has 0 aliphatic carbocycles. The summed E-state index contributed by atoms with van der Waals surface area (Å²) in [5, 5.41) is 3.15. The monoisotopic (exact) mass is 526 g/mol. The number of likely N-dealkylation sites (tertiary alicyclic amines) is 1. The van der Waals surface area contributed by atoms with Crippen molar-refractivity contribution < 1.29 is 22.7 Å². The van der Waals surface area contributed by atoms with Crippen LogP contribution in [0.5, 0.6) is 11.6 Å². The second kappa shape index (κ2) is 10.1. The van der Waals surface area contributed by atoms with E-state index in [1.165, 1.54) is 30.4 Å². The Kier molecular flexibility index (Phi) is 6.87. The third-order valence-electron chi connectivity index (χ3n) is 6.42. The van der Waals surface area contributed by atoms with Crippen molar-refractivity contribution in [3.63, 3.8) is 0 Å². The second-order valence-corrected chi connectivity index (χ2v) is 10.1. The molecule has 1 aliphatic heterocycles. The molecule has 3 heterocycles. The third-order valence-corrected chi connectivity index (χ3v) is 7.36. The van der Waals surface area contributed by atoms with E-state index < -0.39 is 11.7 Å². The molecule has 10 heteroatoms. The average molecular weight is 527 g/mol. The first kappa shape index (κ1) is 25.2. The van der Waals surface area contributed by atoms with E-state index in [9.17, 15) is 18.0 Å². The quantitative estimate of drug-likeness (QED) is 0.290. The van der Waals surface area contributed by atoms with Crippen molar-refractivity contribution in [1.29, 1.82) is 0 Å². The lowest BCUT2D eigenvalue weighted by Gasteiger charge is -2.23. The minimum Gasteiger partial charge on any atom is -0.437 e. The summed E-state index contributed by atoms with van der Waals surface area (Å²) < 4.78 is 47.5. The fourth-order valence-corrected chi connectivity index (χ4v) is 5.51. The van der Waals surface area contributed by atoms with Gasteiger partial charge in [0.25, 0.3) is 0 Å². The van der Waals surface area contributed by atoms with E-state index >= 15 is 0 Å². The Hall–Kier alpha value is -3.50. The van der Waals surface area contributed by atoms with Gasteiger partial charge in [-0.25, -0.2) is 9.97 Å². The molecule has 1 aliphatic rings. The highest BCUT2D eigenvalue weighted by Gasteiger charge is 2.32. The molecular weight excluding hydrogens is 501 g/mol. The van der Waals surface area contributed by atoms with Crippen LogP contribution in [-0.2, 0) is 17.5 Å². The zero-order chi connectivity index (χ0) is 26.2. The highest BCUT2D eigenvalue weighted by atomic mass is 32.1. The number of aromatic nitrogens is 2. The van der Waals surface area contributed by atoms with Crippen molar-refractivity contribution in [2.45, 2.75) is 45.5 Å². The molecule has 0 bridgehead atoms. The van der Waals surface area contributed by atoms with Crippen LogP contribution in [0, 0.1) is 0 Å². The summed E-state index contributed by atoms with van der Waals surface area (Å²) >= 11 is 1.33. The molecule has 0 radical (unpaired) electrons. The Labute approximate surface area is 216 Å². The molecule has 5 rings (SSSR count). The summed E-state index contributed by atoms with van der Waals surface area (Å²) in [6, 6.07) is 13.2. The van der Waals surface area contributed by atoms with Gasteiger partial charge in [0.05, 0.1) is 10.3 Å². The van der Waals surface area contributed by atoms with Crippen molar-refractivity contribution in [1.82, 2.24) is 14.9 Å². The van der Waals surface area contributed by atoms with Crippen molar-refractivity contribution in [2.75, 3.05) is 11.9 Å². The lowest BCUT2D eigenvalue weighted by atomic mass is 9.97. The number of amides is 1. The van der Waals surface area contributed by atoms with Gasteiger partial charge in [0.1, 0.15) is 5.52 Å². The Morgan fingerprint density at radius 1 is 1.22 bits per heavy atom. The largest absolute Gasteiger partial charge is 0.437 e. The molecule has 1 amide bonds. The third kappa shape index (κ3) is 5.60. The van der Waals surface area contributed by atoms with Crippen molar-refractivity contribution in [3.8, 4) is 22.8 Å². The standard InChI is InChI=1S/C27H25F3N4O2S/c1-16-5-4-12-34(16)15-19-13-20(27(28,29)30)8-9-21(19)18-10-11-31-24(14-18)36-22-6-3-7-23-25(22)33-26(37-23)32-17(2)35/h3,6-11,13-14,16H,4-5,12,15H2,1-2H3,(H,32,33,35). The van der Waals surface area contributed by atoms with Crippen LogP contribution in [0.15, 0.2) is 54.7 Å². The van der Waals surface area contributed by atoms with Crippen LogP contribution in [0.4, 0.5) is 18.3 Å². The van der Waals surface area contributed by atoms with Gasteiger partial charge in [0.15, 0.2) is 10.9 Å². The molecule has 1 saturated heterocycles. The van der Waals surface area contributed by atoms with Gasteiger partial charge in [-0.3, -0.25) is 9.69 Å². The minimum absolute atomic E-state index is 0.216. The number of nitrogens with zero attached hydrogens (tertiary/aromatic N) is 3. The molecule has 2 aromatic carbocycles. The van der Waals surface area contributed by atoms with Gasteiger partial charge in [-0.15, -0.1) is 0 Å². The number of para-hydroxylation sites is 1. The molecule has 6 nitrogen and oxygen atoms in total. The van der Waals surface area contributed by atoms with Crippen molar-refractivity contribution in [3.05, 3.63) is 65.9 Å². The summed E-state index contributed by atoms with van der Waals surface area (Å²) in [6.07, 6.45) is -0.769. The number of anilines is 1. The van der Waals surface area contributed by atoms with Gasteiger partial charge in [-0.1, -0.05) is 23.5 Å². The van der Waals surface area contributed by atoms with Crippen LogP contribution >= 0.6 is 11.3 Å². The Bertz CT molecular complexity index is 1450. The fraction of sp³-hybridized carbons (Fsp3) is 0.296. The first-order valence-corrected chi connectivity index (χ1v) is 12.7. The summed E-state index contributed by atoms with van der Waals surface area (Å²) in [4.78, 5) is 22.4. The highest BCUT2D eigenvalue weighted by molar-refractivity contribution is 7.22. The van der Waals surface area contributed by atoms with E-state index in [4.69, 9.17) is 4.74 Å². The SMILES string of the molecule is CC(=O)Nc1nc2c(Oc3cc(-c4ccc(C(F)(F)F)cc4CN4CCCC4C)ccn3)cccc2s1. The first-order valence-electron chi connectivity index (χ1n) is 11.9. The number of nitrogens with one attached hydrogen (secondary N) is 1. The summed E-state index contributed by atoms with van der Waals surface area (Å²) in [5.74, 6) is 0.541. The number of rotatable bonds is 6. The molecule has 1 fully saturated rings. The molecule has 2 aromatic heterocycles. The number of hydrogen-bond acceptors (Lipinski definition) is 6. The van der Waals surface area contributed by atoms with Crippen molar-refractivity contribution >= 4 is 32.6 Å². The first-order chi connectivity index (χ1) is 17.7. The molecule has 1 atom stereocenters. The van der Waals surface area contributed by atoms with Crippen LogP contribution in [0.1, 0.15) is 37.8 Å². The van der Waals surface area contributed by atoms with Crippen LogP contribution in [0.3, 0.4) is 0 Å². The second-order valence-electron chi connectivity index (χ2n) is 9.12. The molecule has 1 N–H and O–H groups in total. The van der Waals surface area contributed by atoms with Crippen LogP contribution in [-0.4, -0.2) is 33.4 Å². The van der Waals surface area contributed by atoms with Gasteiger partial charge in [0, 0.05) is 31.8 Å². The summed E-state index contributed by atoms with van der Waals surface area (Å²) in [7, 11) is 0. The van der Waals surface area contributed by atoms with E-state index in [1.54, 1.807) is 24.4 Å². The van der Waals surface area contributed by atoms with Crippen LogP contribution in [0.2, 0.25) is 0 Å². The number of ether oxygens (including phenoxy) is 1. The number of halogens is 3. The zero-order valence-electron chi connectivity index (χ0n) is 20.3. The fourth-order valence-electron chi connectivity index (χ4n) is 4.58. The molecule has 37 heavy (non-hydrogen) atoms. The van der Waals surface area contributed by atoms with E-state index in [0.29, 0.717) is 51.6 Å². The van der Waals surface area contributed by atoms with Gasteiger partial charge < -0.3 is 10.1 Å². The van der Waals surface area contributed by atoms with Gasteiger partial charge >= 0.3 is 6.18 Å². The lowest BCUT2D eigenvalue weighted by molar-refractivity contribution is -0.137. The minimum atomic E-state index is -4.42. The number of carbonyl (C=O) groups is 1. The maximum atomic E-state index is 13.5. The van der Waals surface area contributed by atoms with Gasteiger partial charge in [-0.2, -0.15) is 13.2 Å². The predicted molar refractivity (Wildman–Crippen MR) is 138 cm³/mol. The number of benzene rings is 2. The van der Waals surface area contributed by atoms with E-state index in [-0.39, 0.29) is 5.91 Å². The highest BCUT2D eigenvalue weighted by Crippen LogP contribution is 2.37. The molecule has 1 unspecified atom stereocenters. The predicted octanol–water partition coefficient (Wildman–Crippen LogP) is 7.11. The molecule has 192 valence electrons. The maximum absolute atomic E-state index is 13.5. The number of thiazole rings is 1. The Balaban J connectivity index is 1.48. The molecule has 0 spiro atoms. The van der Waals surface area contributed by atoms with E-state index in [1.807, 2.05) is 12.1 Å². The topological polar surface area (TPSA) is 67.3 Å². The number of alkyl halides is 3. The van der Waals surface area contributed by atoms with Gasteiger partial charge in [-0.05, 0) is 73.3 Å². The number of hydrogen-bond donors (Lipinski definition) is 1. The molecule has 0 saturated carbocycles. The molecule has 4 aromatic rings. The van der Waals surface area contributed by atoms with E-state index in [0.717, 1.165) is 30.2 Å². The van der Waals surface area contributed by atoms with Crippen LogP contribution < -0.4 is 10.1 Å². The smallest absolute Gasteiger partial charge is 0.416 e. The molecular formula is C27H25F3N4O2S. The normalized spacial score (nSPS) is 16.3. The zero-order valence-corrected chi connectivity index (χ0v) is 21.1.